The average Bonchev–Trinajstić information content (AvgIpc) is 2.27. The molecule has 0 aliphatic rings. The predicted molar refractivity (Wildman–Crippen MR) is 66.5 cm³/mol. The second-order valence-corrected chi connectivity index (χ2v) is 4.14. The molecule has 0 atom stereocenters. The Kier molecular flexibility index (Phi) is 3.38. The summed E-state index contributed by atoms with van der Waals surface area (Å²) < 4.78 is 4.93. The highest BCUT2D eigenvalue weighted by Crippen LogP contribution is 2.32. The van der Waals surface area contributed by atoms with Gasteiger partial charge in [-0.1, -0.05) is 24.3 Å². The van der Waals surface area contributed by atoms with Crippen molar-refractivity contribution in [1.82, 2.24) is 0 Å². The number of rotatable bonds is 3. The van der Waals surface area contributed by atoms with E-state index in [0.29, 0.717) is 5.75 Å². The van der Waals surface area contributed by atoms with Crippen LogP contribution in [-0.4, -0.2) is 23.6 Å². The minimum Gasteiger partial charge on any atom is -0.511 e. The van der Waals surface area contributed by atoms with Gasteiger partial charge in [-0.05, 0) is 29.2 Å². The molecule has 5 heteroatoms. The molecule has 0 aromatic heterocycles. The lowest BCUT2D eigenvalue weighted by Gasteiger charge is -2.10. The lowest BCUT2D eigenvalue weighted by Crippen LogP contribution is -2.20. The summed E-state index contributed by atoms with van der Waals surface area (Å²) in [5.41, 5.74) is 0. The molecule has 2 aromatic rings. The lowest BCUT2D eigenvalue weighted by molar-refractivity contribution is 0.285. The van der Waals surface area contributed by atoms with E-state index >= 15 is 0 Å². The van der Waals surface area contributed by atoms with Gasteiger partial charge in [0.15, 0.2) is 0 Å². The van der Waals surface area contributed by atoms with Crippen molar-refractivity contribution in [3.8, 4) is 5.75 Å². The van der Waals surface area contributed by atoms with Crippen molar-refractivity contribution in [2.45, 2.75) is 4.90 Å². The zero-order valence-electron chi connectivity index (χ0n) is 8.75. The smallest absolute Gasteiger partial charge is 0.511 e. The minimum atomic E-state index is -1.79. The standard InChI is InChI=1S/C11H11BO3S/c1-16-11-7-9-5-3-2-4-8(9)6-10(11)15-12(13)14/h2-7,13-14H,1H3. The Morgan fingerprint density at radius 1 is 1.12 bits per heavy atom. The van der Waals surface area contributed by atoms with Crippen molar-refractivity contribution in [1.29, 1.82) is 0 Å². The molecule has 0 amide bonds. The molecule has 0 aliphatic heterocycles. The molecule has 2 N–H and O–H groups in total. The van der Waals surface area contributed by atoms with Crippen molar-refractivity contribution >= 4 is 29.9 Å². The van der Waals surface area contributed by atoms with E-state index in [2.05, 4.69) is 0 Å². The zero-order valence-corrected chi connectivity index (χ0v) is 9.57. The van der Waals surface area contributed by atoms with Crippen molar-refractivity contribution < 1.29 is 14.7 Å². The molecule has 0 unspecified atom stereocenters. The molecule has 0 bridgehead atoms. The van der Waals surface area contributed by atoms with Gasteiger partial charge in [-0.25, -0.2) is 0 Å². The highest BCUT2D eigenvalue weighted by Gasteiger charge is 2.14. The van der Waals surface area contributed by atoms with Gasteiger partial charge in [0.2, 0.25) is 0 Å². The molecule has 0 radical (unpaired) electrons. The normalized spacial score (nSPS) is 10.4. The Hall–Kier alpha value is -1.17. The third-order valence-corrected chi connectivity index (χ3v) is 3.02. The van der Waals surface area contributed by atoms with Crippen LogP contribution in [0, 0.1) is 0 Å². The van der Waals surface area contributed by atoms with Crippen molar-refractivity contribution in [2.24, 2.45) is 0 Å². The Morgan fingerprint density at radius 3 is 2.31 bits per heavy atom. The fourth-order valence-corrected chi connectivity index (χ4v) is 2.12. The van der Waals surface area contributed by atoms with E-state index in [0.717, 1.165) is 15.7 Å². The van der Waals surface area contributed by atoms with Crippen LogP contribution in [0.1, 0.15) is 0 Å². The maximum absolute atomic E-state index is 8.82. The topological polar surface area (TPSA) is 49.7 Å². The largest absolute Gasteiger partial charge is 0.707 e. The number of fused-ring (bicyclic) bond motifs is 1. The monoisotopic (exact) mass is 234 g/mol. The van der Waals surface area contributed by atoms with Crippen LogP contribution in [0.15, 0.2) is 41.3 Å². The Balaban J connectivity index is 2.53. The molecule has 16 heavy (non-hydrogen) atoms. The van der Waals surface area contributed by atoms with Gasteiger partial charge >= 0.3 is 7.32 Å². The van der Waals surface area contributed by atoms with E-state index in [9.17, 15) is 0 Å². The van der Waals surface area contributed by atoms with Crippen molar-refractivity contribution in [2.75, 3.05) is 6.26 Å². The van der Waals surface area contributed by atoms with Crippen LogP contribution in [0.5, 0.6) is 5.75 Å². The number of benzene rings is 2. The number of thioether (sulfide) groups is 1. The van der Waals surface area contributed by atoms with Gasteiger partial charge in [-0.3, -0.25) is 0 Å². The van der Waals surface area contributed by atoms with Crippen LogP contribution in [0.4, 0.5) is 0 Å². The Labute approximate surface area is 98.2 Å². The summed E-state index contributed by atoms with van der Waals surface area (Å²) in [6.45, 7) is 0. The Morgan fingerprint density at radius 2 is 1.75 bits per heavy atom. The number of hydrogen-bond donors (Lipinski definition) is 2. The molecule has 2 rings (SSSR count). The van der Waals surface area contributed by atoms with Gasteiger partial charge in [-0.15, -0.1) is 11.8 Å². The summed E-state index contributed by atoms with van der Waals surface area (Å²) >= 11 is 1.51. The maximum atomic E-state index is 8.82. The molecule has 0 fully saturated rings. The van der Waals surface area contributed by atoms with Gasteiger partial charge in [0, 0.05) is 4.90 Å². The molecule has 0 heterocycles. The second kappa shape index (κ2) is 4.78. The summed E-state index contributed by atoms with van der Waals surface area (Å²) in [5, 5.41) is 19.8. The molecule has 0 aliphatic carbocycles. The van der Waals surface area contributed by atoms with E-state index in [4.69, 9.17) is 14.7 Å². The maximum Gasteiger partial charge on any atom is 0.707 e. The van der Waals surface area contributed by atoms with Crippen LogP contribution in [0.25, 0.3) is 10.8 Å². The molecule has 2 aromatic carbocycles. The van der Waals surface area contributed by atoms with Crippen LogP contribution in [0.3, 0.4) is 0 Å². The first kappa shape index (κ1) is 11.3. The predicted octanol–water partition coefficient (Wildman–Crippen LogP) is 1.91. The summed E-state index contributed by atoms with van der Waals surface area (Å²) in [6, 6.07) is 11.6. The van der Waals surface area contributed by atoms with Crippen LogP contribution >= 0.6 is 11.8 Å². The first-order valence-electron chi connectivity index (χ1n) is 4.80. The van der Waals surface area contributed by atoms with Crippen LogP contribution in [-0.2, 0) is 0 Å². The summed E-state index contributed by atoms with van der Waals surface area (Å²) in [7, 11) is -1.79. The average molecular weight is 234 g/mol. The van der Waals surface area contributed by atoms with Crippen molar-refractivity contribution in [3.63, 3.8) is 0 Å². The summed E-state index contributed by atoms with van der Waals surface area (Å²) in [4.78, 5) is 0.881. The molecule has 0 spiro atoms. The highest BCUT2D eigenvalue weighted by molar-refractivity contribution is 7.98. The van der Waals surface area contributed by atoms with Gasteiger partial charge in [-0.2, -0.15) is 0 Å². The molecule has 82 valence electrons. The first-order chi connectivity index (χ1) is 7.70. The van der Waals surface area contributed by atoms with Gasteiger partial charge in [0.1, 0.15) is 5.75 Å². The zero-order chi connectivity index (χ0) is 11.5. The van der Waals surface area contributed by atoms with Gasteiger partial charge in [0.25, 0.3) is 0 Å². The first-order valence-corrected chi connectivity index (χ1v) is 6.03. The molecular weight excluding hydrogens is 223 g/mol. The van der Waals surface area contributed by atoms with E-state index in [1.807, 2.05) is 36.6 Å². The van der Waals surface area contributed by atoms with E-state index in [-0.39, 0.29) is 0 Å². The Bertz CT molecular complexity index is 502. The van der Waals surface area contributed by atoms with Crippen LogP contribution in [0.2, 0.25) is 0 Å². The molecule has 0 saturated carbocycles. The van der Waals surface area contributed by atoms with Crippen LogP contribution < -0.4 is 4.65 Å². The third kappa shape index (κ3) is 2.32. The fraction of sp³-hybridized carbons (Fsp3) is 0.0909. The quantitative estimate of drug-likeness (QED) is 0.629. The fourth-order valence-electron chi connectivity index (χ4n) is 1.56. The van der Waals surface area contributed by atoms with Gasteiger partial charge < -0.3 is 14.7 Å². The van der Waals surface area contributed by atoms with E-state index in [1.165, 1.54) is 11.8 Å². The third-order valence-electron chi connectivity index (χ3n) is 2.26. The summed E-state index contributed by atoms with van der Waals surface area (Å²) in [6.07, 6.45) is 1.92. The van der Waals surface area contributed by atoms with E-state index < -0.39 is 7.32 Å². The summed E-state index contributed by atoms with van der Waals surface area (Å²) in [5.74, 6) is 0.487. The van der Waals surface area contributed by atoms with E-state index in [1.54, 1.807) is 6.07 Å². The minimum absolute atomic E-state index is 0.487. The highest BCUT2D eigenvalue weighted by atomic mass is 32.2. The van der Waals surface area contributed by atoms with Gasteiger partial charge in [0.05, 0.1) is 0 Å². The SMILES string of the molecule is CSc1cc2ccccc2cc1OB(O)O. The second-order valence-electron chi connectivity index (χ2n) is 3.29. The lowest BCUT2D eigenvalue weighted by atomic mass is 10.1. The molecule has 0 saturated heterocycles. The molecular formula is C11H11BO3S. The number of hydrogen-bond acceptors (Lipinski definition) is 4. The molecule has 3 nitrogen and oxygen atoms in total. The van der Waals surface area contributed by atoms with Crippen molar-refractivity contribution in [3.05, 3.63) is 36.4 Å².